The predicted molar refractivity (Wildman–Crippen MR) is 82.6 cm³/mol. The van der Waals surface area contributed by atoms with E-state index in [0.717, 1.165) is 22.3 Å². The first-order valence-corrected chi connectivity index (χ1v) is 7.12. The Morgan fingerprint density at radius 2 is 2.10 bits per heavy atom. The minimum atomic E-state index is -0.0592. The lowest BCUT2D eigenvalue weighted by molar-refractivity contribution is 0.0791. The summed E-state index contributed by atoms with van der Waals surface area (Å²) in [5.41, 5.74) is 2.24. The highest BCUT2D eigenvalue weighted by molar-refractivity contribution is 9.10. The average Bonchev–Trinajstić information content (AvgIpc) is 2.94. The maximum absolute atomic E-state index is 12.2. The Kier molecular flexibility index (Phi) is 4.92. The molecule has 20 heavy (non-hydrogen) atoms. The summed E-state index contributed by atoms with van der Waals surface area (Å²) in [5.74, 6) is -0.0592. The lowest BCUT2D eigenvalue weighted by Gasteiger charge is -2.15. The third kappa shape index (κ3) is 3.46. The van der Waals surface area contributed by atoms with E-state index in [0.29, 0.717) is 12.2 Å². The summed E-state index contributed by atoms with van der Waals surface area (Å²) in [6.07, 6.45) is 0. The van der Waals surface area contributed by atoms with E-state index in [1.807, 2.05) is 31.3 Å². The number of aromatic nitrogens is 2. The molecule has 5 nitrogen and oxygen atoms in total. The molecule has 1 amide bonds. The normalized spacial score (nSPS) is 10.6. The Balaban J connectivity index is 2.12. The molecule has 2 aromatic rings. The van der Waals surface area contributed by atoms with E-state index in [4.69, 9.17) is 0 Å². The van der Waals surface area contributed by atoms with Gasteiger partial charge in [0.2, 0.25) is 0 Å². The molecule has 0 spiro atoms. The van der Waals surface area contributed by atoms with E-state index < -0.39 is 0 Å². The van der Waals surface area contributed by atoms with Gasteiger partial charge in [0, 0.05) is 30.2 Å². The van der Waals surface area contributed by atoms with E-state index in [1.165, 1.54) is 0 Å². The van der Waals surface area contributed by atoms with Gasteiger partial charge in [0.15, 0.2) is 0 Å². The molecule has 0 aliphatic heterocycles. The number of hydrogen-bond donors (Lipinski definition) is 2. The molecule has 0 aliphatic carbocycles. The summed E-state index contributed by atoms with van der Waals surface area (Å²) in [6, 6.07) is 9.59. The van der Waals surface area contributed by atoms with Crippen LogP contribution >= 0.6 is 15.9 Å². The first-order valence-electron chi connectivity index (χ1n) is 6.33. The zero-order chi connectivity index (χ0) is 14.5. The molecule has 0 saturated carbocycles. The van der Waals surface area contributed by atoms with Crippen molar-refractivity contribution in [2.24, 2.45) is 0 Å². The van der Waals surface area contributed by atoms with Crippen molar-refractivity contribution in [1.29, 1.82) is 0 Å². The second-order valence-corrected chi connectivity index (χ2v) is 5.42. The highest BCUT2D eigenvalue weighted by Crippen LogP contribution is 2.20. The summed E-state index contributed by atoms with van der Waals surface area (Å²) in [4.78, 5) is 13.8. The fraction of sp³-hybridized carbons (Fsp3) is 0.286. The van der Waals surface area contributed by atoms with Gasteiger partial charge in [-0.3, -0.25) is 9.89 Å². The van der Waals surface area contributed by atoms with Crippen LogP contribution in [0.25, 0.3) is 11.3 Å². The Labute approximate surface area is 126 Å². The van der Waals surface area contributed by atoms with Crippen LogP contribution in [0.3, 0.4) is 0 Å². The topological polar surface area (TPSA) is 61.0 Å². The fourth-order valence-electron chi connectivity index (χ4n) is 1.79. The van der Waals surface area contributed by atoms with E-state index in [9.17, 15) is 4.79 Å². The van der Waals surface area contributed by atoms with Gasteiger partial charge in [-0.1, -0.05) is 28.1 Å². The van der Waals surface area contributed by atoms with Crippen LogP contribution in [0.1, 0.15) is 10.5 Å². The highest BCUT2D eigenvalue weighted by atomic mass is 79.9. The van der Waals surface area contributed by atoms with Gasteiger partial charge in [0.25, 0.3) is 5.91 Å². The van der Waals surface area contributed by atoms with E-state index in [-0.39, 0.29) is 5.91 Å². The smallest absolute Gasteiger partial charge is 0.271 e. The van der Waals surface area contributed by atoms with Crippen LogP contribution in [0.2, 0.25) is 0 Å². The summed E-state index contributed by atoms with van der Waals surface area (Å²) >= 11 is 3.39. The molecule has 2 N–H and O–H groups in total. The van der Waals surface area contributed by atoms with Gasteiger partial charge in [0.1, 0.15) is 5.69 Å². The predicted octanol–water partition coefficient (Wildman–Crippen LogP) is 2.13. The molecule has 0 fully saturated rings. The van der Waals surface area contributed by atoms with Crippen molar-refractivity contribution >= 4 is 21.8 Å². The quantitative estimate of drug-likeness (QED) is 0.879. The van der Waals surface area contributed by atoms with E-state index in [1.54, 1.807) is 18.0 Å². The molecule has 2 rings (SSSR count). The second-order valence-electron chi connectivity index (χ2n) is 4.50. The Bertz CT molecular complexity index is 579. The first kappa shape index (κ1) is 14.7. The van der Waals surface area contributed by atoms with Crippen LogP contribution in [0.4, 0.5) is 0 Å². The van der Waals surface area contributed by atoms with Crippen LogP contribution in [0, 0.1) is 0 Å². The number of nitrogens with one attached hydrogen (secondary N) is 2. The van der Waals surface area contributed by atoms with Crippen molar-refractivity contribution < 1.29 is 4.79 Å². The van der Waals surface area contributed by atoms with Gasteiger partial charge in [-0.15, -0.1) is 0 Å². The van der Waals surface area contributed by atoms with Crippen LogP contribution < -0.4 is 5.32 Å². The Morgan fingerprint density at radius 3 is 2.75 bits per heavy atom. The van der Waals surface area contributed by atoms with Crippen LogP contribution in [-0.4, -0.2) is 48.2 Å². The number of nitrogens with zero attached hydrogens (tertiary/aromatic N) is 2. The van der Waals surface area contributed by atoms with Crippen molar-refractivity contribution in [1.82, 2.24) is 20.4 Å². The van der Waals surface area contributed by atoms with Crippen molar-refractivity contribution in [2.45, 2.75) is 0 Å². The number of likely N-dealkylation sites (N-methyl/N-ethyl adjacent to an activating group) is 2. The monoisotopic (exact) mass is 336 g/mol. The van der Waals surface area contributed by atoms with Crippen molar-refractivity contribution in [3.05, 3.63) is 40.5 Å². The minimum Gasteiger partial charge on any atom is -0.339 e. The lowest BCUT2D eigenvalue weighted by Crippen LogP contribution is -2.32. The number of H-pyrrole nitrogens is 1. The van der Waals surface area contributed by atoms with E-state index in [2.05, 4.69) is 31.4 Å². The molecule has 0 saturated heterocycles. The zero-order valence-electron chi connectivity index (χ0n) is 11.5. The molecule has 1 aromatic carbocycles. The van der Waals surface area contributed by atoms with Gasteiger partial charge in [-0.2, -0.15) is 5.10 Å². The molecule has 1 aromatic heterocycles. The number of halogens is 1. The highest BCUT2D eigenvalue weighted by Gasteiger charge is 2.14. The van der Waals surface area contributed by atoms with Crippen molar-refractivity contribution in [3.63, 3.8) is 0 Å². The van der Waals surface area contributed by atoms with Crippen LogP contribution in [0.5, 0.6) is 0 Å². The molecular formula is C14H17BrN4O. The summed E-state index contributed by atoms with van der Waals surface area (Å²) in [6.45, 7) is 1.41. The molecule has 0 bridgehead atoms. The van der Waals surface area contributed by atoms with Crippen LogP contribution in [0.15, 0.2) is 34.8 Å². The summed E-state index contributed by atoms with van der Waals surface area (Å²) < 4.78 is 1.01. The Morgan fingerprint density at radius 1 is 1.40 bits per heavy atom. The molecule has 6 heteroatoms. The van der Waals surface area contributed by atoms with Gasteiger partial charge in [-0.25, -0.2) is 0 Å². The molecule has 0 unspecified atom stereocenters. The van der Waals surface area contributed by atoms with Gasteiger partial charge in [-0.05, 0) is 25.2 Å². The number of carbonyl (C=O) groups is 1. The molecule has 1 heterocycles. The minimum absolute atomic E-state index is 0.0592. The molecule has 0 atom stereocenters. The first-order chi connectivity index (χ1) is 9.61. The second kappa shape index (κ2) is 6.67. The van der Waals surface area contributed by atoms with Gasteiger partial charge in [0.05, 0.1) is 5.69 Å². The van der Waals surface area contributed by atoms with Gasteiger partial charge >= 0.3 is 0 Å². The maximum atomic E-state index is 12.2. The standard InChI is InChI=1S/C14H17BrN4O/c1-16-7-8-19(2)14(20)13-9-12(17-18-13)10-3-5-11(15)6-4-10/h3-6,9,16H,7-8H2,1-2H3,(H,17,18). The van der Waals surface area contributed by atoms with Crippen molar-refractivity contribution in [3.8, 4) is 11.3 Å². The maximum Gasteiger partial charge on any atom is 0.271 e. The Hall–Kier alpha value is -1.66. The number of hydrogen-bond acceptors (Lipinski definition) is 3. The fourth-order valence-corrected chi connectivity index (χ4v) is 2.05. The average molecular weight is 337 g/mol. The number of rotatable bonds is 5. The lowest BCUT2D eigenvalue weighted by atomic mass is 10.1. The number of carbonyl (C=O) groups excluding carboxylic acids is 1. The van der Waals surface area contributed by atoms with Gasteiger partial charge < -0.3 is 10.2 Å². The third-order valence-corrected chi connectivity index (χ3v) is 3.52. The van der Waals surface area contributed by atoms with Crippen molar-refractivity contribution in [2.75, 3.05) is 27.2 Å². The summed E-state index contributed by atoms with van der Waals surface area (Å²) in [5, 5.41) is 10.0. The zero-order valence-corrected chi connectivity index (χ0v) is 13.1. The molecule has 0 radical (unpaired) electrons. The number of amides is 1. The number of benzene rings is 1. The van der Waals surface area contributed by atoms with E-state index >= 15 is 0 Å². The summed E-state index contributed by atoms with van der Waals surface area (Å²) in [7, 11) is 3.64. The number of aromatic amines is 1. The molecule has 0 aliphatic rings. The third-order valence-electron chi connectivity index (χ3n) is 2.99. The molecular weight excluding hydrogens is 320 g/mol. The molecule has 106 valence electrons. The SMILES string of the molecule is CNCCN(C)C(=O)c1cc(-c2ccc(Br)cc2)n[nH]1. The largest absolute Gasteiger partial charge is 0.339 e. The van der Waals surface area contributed by atoms with Crippen LogP contribution in [-0.2, 0) is 0 Å².